The molecule has 0 spiro atoms. The molecule has 0 atom stereocenters. The fraction of sp³-hybridized carbons (Fsp3) is 0.263. The second kappa shape index (κ2) is 9.02. The minimum absolute atomic E-state index is 0.110. The highest BCUT2D eigenvalue weighted by Crippen LogP contribution is 2.32. The van der Waals surface area contributed by atoms with Crippen molar-refractivity contribution in [3.05, 3.63) is 62.6 Å². The van der Waals surface area contributed by atoms with Gasteiger partial charge >= 0.3 is 0 Å². The van der Waals surface area contributed by atoms with Gasteiger partial charge in [0.2, 0.25) is 0 Å². The quantitative estimate of drug-likeness (QED) is 0.521. The van der Waals surface area contributed by atoms with Gasteiger partial charge in [0.1, 0.15) is 5.75 Å². The molecule has 0 saturated carbocycles. The van der Waals surface area contributed by atoms with E-state index in [4.69, 9.17) is 16.3 Å². The van der Waals surface area contributed by atoms with E-state index in [2.05, 4.69) is 40.3 Å². The van der Waals surface area contributed by atoms with E-state index in [1.807, 2.05) is 37.3 Å². The van der Waals surface area contributed by atoms with Crippen LogP contribution in [-0.2, 0) is 4.79 Å². The largest absolute Gasteiger partial charge is 0.483 e. The molecule has 2 rings (SSSR count). The van der Waals surface area contributed by atoms with Crippen molar-refractivity contribution < 1.29 is 9.53 Å². The van der Waals surface area contributed by atoms with E-state index in [0.29, 0.717) is 10.8 Å². The number of aryl methyl sites for hydroxylation is 1. The highest BCUT2D eigenvalue weighted by atomic mass is 79.9. The number of carbonyl (C=O) groups excluding carboxylic acids is 1. The van der Waals surface area contributed by atoms with Crippen LogP contribution >= 0.6 is 27.5 Å². The van der Waals surface area contributed by atoms with Gasteiger partial charge in [-0.15, -0.1) is 0 Å². The molecule has 0 bridgehead atoms. The van der Waals surface area contributed by atoms with E-state index in [9.17, 15) is 4.79 Å². The third kappa shape index (κ3) is 5.58. The Labute approximate surface area is 161 Å². The standard InChI is InChI=1S/C19H20BrClN2O2/c1-12(2)15-9-16(20)13(3)8-18(15)25-11-19(24)23-22-10-14-6-4-5-7-17(14)21/h4-10,12H,11H2,1-3H3,(H,23,24)/b22-10+. The zero-order valence-corrected chi connectivity index (χ0v) is 16.7. The molecule has 132 valence electrons. The van der Waals surface area contributed by atoms with Crippen molar-refractivity contribution >= 4 is 39.7 Å². The van der Waals surface area contributed by atoms with Crippen LogP contribution in [0.3, 0.4) is 0 Å². The van der Waals surface area contributed by atoms with E-state index >= 15 is 0 Å². The number of halogens is 2. The zero-order valence-electron chi connectivity index (χ0n) is 14.3. The summed E-state index contributed by atoms with van der Waals surface area (Å²) in [7, 11) is 0. The average Bonchev–Trinajstić information content (AvgIpc) is 2.57. The van der Waals surface area contributed by atoms with E-state index in [0.717, 1.165) is 21.2 Å². The van der Waals surface area contributed by atoms with Crippen LogP contribution in [0.2, 0.25) is 5.02 Å². The molecular weight excluding hydrogens is 404 g/mol. The number of ether oxygens (including phenoxy) is 1. The fourth-order valence-electron chi connectivity index (χ4n) is 2.18. The van der Waals surface area contributed by atoms with E-state index in [1.54, 1.807) is 6.07 Å². The lowest BCUT2D eigenvalue weighted by atomic mass is 10.0. The Morgan fingerprint density at radius 2 is 2.08 bits per heavy atom. The molecule has 1 amide bonds. The van der Waals surface area contributed by atoms with Crippen LogP contribution in [0, 0.1) is 6.92 Å². The predicted octanol–water partition coefficient (Wildman–Crippen LogP) is 5.06. The number of hydrogen-bond donors (Lipinski definition) is 1. The average molecular weight is 424 g/mol. The van der Waals surface area contributed by atoms with Crippen molar-refractivity contribution in [2.75, 3.05) is 6.61 Å². The molecule has 0 aromatic heterocycles. The summed E-state index contributed by atoms with van der Waals surface area (Å²) >= 11 is 9.55. The second-order valence-corrected chi connectivity index (χ2v) is 7.16. The van der Waals surface area contributed by atoms with E-state index < -0.39 is 0 Å². The van der Waals surface area contributed by atoms with Gasteiger partial charge in [-0.25, -0.2) is 5.43 Å². The Morgan fingerprint density at radius 1 is 1.36 bits per heavy atom. The van der Waals surface area contributed by atoms with Gasteiger partial charge in [0.15, 0.2) is 6.61 Å². The minimum atomic E-state index is -0.335. The highest BCUT2D eigenvalue weighted by Gasteiger charge is 2.12. The molecule has 0 saturated heterocycles. The van der Waals surface area contributed by atoms with Crippen LogP contribution in [-0.4, -0.2) is 18.7 Å². The normalized spacial score (nSPS) is 11.1. The van der Waals surface area contributed by atoms with Gasteiger partial charge in [-0.3, -0.25) is 4.79 Å². The Kier molecular flexibility index (Phi) is 7.02. The topological polar surface area (TPSA) is 50.7 Å². The number of rotatable bonds is 6. The highest BCUT2D eigenvalue weighted by molar-refractivity contribution is 9.10. The molecule has 4 nitrogen and oxygen atoms in total. The maximum atomic E-state index is 11.9. The summed E-state index contributed by atoms with van der Waals surface area (Å²) in [5, 5.41) is 4.48. The molecular formula is C19H20BrClN2O2. The number of amides is 1. The van der Waals surface area contributed by atoms with E-state index in [1.165, 1.54) is 6.21 Å². The van der Waals surface area contributed by atoms with Crippen LogP contribution in [0.5, 0.6) is 5.75 Å². The van der Waals surface area contributed by atoms with Crippen LogP contribution in [0.25, 0.3) is 0 Å². The van der Waals surface area contributed by atoms with E-state index in [-0.39, 0.29) is 18.4 Å². The summed E-state index contributed by atoms with van der Waals surface area (Å²) in [5.74, 6) is 0.660. The lowest BCUT2D eigenvalue weighted by molar-refractivity contribution is -0.123. The first-order valence-electron chi connectivity index (χ1n) is 7.87. The Hall–Kier alpha value is -1.85. The molecule has 1 N–H and O–H groups in total. The molecule has 0 heterocycles. The first-order valence-corrected chi connectivity index (χ1v) is 9.05. The van der Waals surface area contributed by atoms with Crippen molar-refractivity contribution in [1.29, 1.82) is 0 Å². The summed E-state index contributed by atoms with van der Waals surface area (Å²) in [6.45, 7) is 6.03. The maximum Gasteiger partial charge on any atom is 0.277 e. The van der Waals surface area contributed by atoms with Gasteiger partial charge in [-0.2, -0.15) is 5.10 Å². The van der Waals surface area contributed by atoms with Crippen LogP contribution in [0.15, 0.2) is 46.0 Å². The van der Waals surface area contributed by atoms with Crippen molar-refractivity contribution in [2.45, 2.75) is 26.7 Å². The second-order valence-electron chi connectivity index (χ2n) is 5.90. The van der Waals surface area contributed by atoms with Crippen molar-refractivity contribution in [3.8, 4) is 5.75 Å². The van der Waals surface area contributed by atoms with Gasteiger partial charge in [-0.05, 0) is 42.2 Å². The molecule has 25 heavy (non-hydrogen) atoms. The van der Waals surface area contributed by atoms with Gasteiger partial charge < -0.3 is 4.74 Å². The molecule has 0 radical (unpaired) electrons. The first-order chi connectivity index (χ1) is 11.9. The predicted molar refractivity (Wildman–Crippen MR) is 106 cm³/mol. The van der Waals surface area contributed by atoms with Crippen LogP contribution < -0.4 is 10.2 Å². The lowest BCUT2D eigenvalue weighted by Crippen LogP contribution is -2.25. The molecule has 0 aliphatic heterocycles. The number of carbonyl (C=O) groups is 1. The van der Waals surface area contributed by atoms with Gasteiger partial charge in [-0.1, -0.05) is 59.6 Å². The summed E-state index contributed by atoms with van der Waals surface area (Å²) in [6, 6.07) is 11.2. The summed E-state index contributed by atoms with van der Waals surface area (Å²) in [6.07, 6.45) is 1.50. The third-order valence-corrected chi connectivity index (χ3v) is 4.77. The molecule has 0 aliphatic carbocycles. The lowest BCUT2D eigenvalue weighted by Gasteiger charge is -2.15. The van der Waals surface area contributed by atoms with Crippen molar-refractivity contribution in [2.24, 2.45) is 5.10 Å². The Bertz CT molecular complexity index is 791. The molecule has 0 fully saturated rings. The number of nitrogens with one attached hydrogen (secondary N) is 1. The third-order valence-electron chi connectivity index (χ3n) is 3.57. The number of benzene rings is 2. The number of hydrogen-bond acceptors (Lipinski definition) is 3. The van der Waals surface area contributed by atoms with Gasteiger partial charge in [0.25, 0.3) is 5.91 Å². The van der Waals surface area contributed by atoms with Crippen molar-refractivity contribution in [1.82, 2.24) is 5.43 Å². The Morgan fingerprint density at radius 3 is 2.76 bits per heavy atom. The molecule has 0 aliphatic rings. The Balaban J connectivity index is 1.96. The molecule has 0 unspecified atom stereocenters. The fourth-order valence-corrected chi connectivity index (χ4v) is 2.72. The molecule has 2 aromatic carbocycles. The minimum Gasteiger partial charge on any atom is -0.483 e. The van der Waals surface area contributed by atoms with Crippen LogP contribution in [0.1, 0.15) is 36.5 Å². The summed E-state index contributed by atoms with van der Waals surface area (Å²) in [4.78, 5) is 11.9. The SMILES string of the molecule is Cc1cc(OCC(=O)N/N=C/c2ccccc2Cl)c(C(C)C)cc1Br. The number of hydrazone groups is 1. The summed E-state index contributed by atoms with van der Waals surface area (Å²) < 4.78 is 6.72. The van der Waals surface area contributed by atoms with Crippen LogP contribution in [0.4, 0.5) is 0 Å². The zero-order chi connectivity index (χ0) is 18.4. The van der Waals surface area contributed by atoms with Gasteiger partial charge in [0, 0.05) is 15.1 Å². The first kappa shape index (κ1) is 19.5. The smallest absolute Gasteiger partial charge is 0.277 e. The molecule has 2 aromatic rings. The number of nitrogens with zero attached hydrogens (tertiary/aromatic N) is 1. The maximum absolute atomic E-state index is 11.9. The monoisotopic (exact) mass is 422 g/mol. The van der Waals surface area contributed by atoms with Crippen molar-refractivity contribution in [3.63, 3.8) is 0 Å². The van der Waals surface area contributed by atoms with Gasteiger partial charge in [0.05, 0.1) is 6.21 Å². The molecule has 6 heteroatoms. The summed E-state index contributed by atoms with van der Waals surface area (Å²) in [5.41, 5.74) is 5.27.